The van der Waals surface area contributed by atoms with E-state index in [9.17, 15) is 4.79 Å². The molecule has 1 amide bonds. The van der Waals surface area contributed by atoms with Gasteiger partial charge in [-0.25, -0.2) is 9.97 Å². The van der Waals surface area contributed by atoms with E-state index in [-0.39, 0.29) is 5.91 Å². The number of amides is 1. The Bertz CT molecular complexity index is 915. The van der Waals surface area contributed by atoms with E-state index in [1.165, 1.54) is 0 Å². The highest BCUT2D eigenvalue weighted by Gasteiger charge is 2.44. The summed E-state index contributed by atoms with van der Waals surface area (Å²) in [6, 6.07) is 10.1. The second kappa shape index (κ2) is 7.30. The maximum Gasteiger partial charge on any atom is 0.250 e. The third-order valence-corrected chi connectivity index (χ3v) is 6.53. The Morgan fingerprint density at radius 3 is 2.55 bits per heavy atom. The lowest BCUT2D eigenvalue weighted by molar-refractivity contribution is -0.121. The van der Waals surface area contributed by atoms with Crippen LogP contribution in [0.15, 0.2) is 30.3 Å². The van der Waals surface area contributed by atoms with Crippen LogP contribution < -0.4 is 20.9 Å². The molecule has 5 rings (SSSR count). The average Bonchev–Trinajstić information content (AvgIpc) is 2.75. The van der Waals surface area contributed by atoms with E-state index in [1.54, 1.807) is 0 Å². The number of rotatable bonds is 2. The van der Waals surface area contributed by atoms with Gasteiger partial charge in [0.25, 0.3) is 0 Å². The third-order valence-electron chi connectivity index (χ3n) is 6.53. The lowest BCUT2D eigenvalue weighted by Crippen LogP contribution is -2.58. The van der Waals surface area contributed by atoms with Crippen molar-refractivity contribution < 1.29 is 4.79 Å². The fourth-order valence-corrected chi connectivity index (χ4v) is 4.79. The van der Waals surface area contributed by atoms with Gasteiger partial charge in [0, 0.05) is 30.8 Å². The number of anilines is 3. The van der Waals surface area contributed by atoms with Gasteiger partial charge in [0.05, 0.1) is 11.4 Å². The first kappa shape index (κ1) is 18.4. The number of nitrogens with zero attached hydrogens (tertiary/aromatic N) is 3. The number of carbonyl (C=O) groups excluding carboxylic acids is 1. The highest BCUT2D eigenvalue weighted by Crippen LogP contribution is 2.37. The zero-order chi connectivity index (χ0) is 19.8. The van der Waals surface area contributed by atoms with Crippen LogP contribution in [-0.4, -0.2) is 47.6 Å². The molecule has 0 unspecified atom stereocenters. The van der Waals surface area contributed by atoms with Gasteiger partial charge in [0.1, 0.15) is 17.2 Å². The van der Waals surface area contributed by atoms with Gasteiger partial charge in [-0.2, -0.15) is 0 Å². The van der Waals surface area contributed by atoms with Gasteiger partial charge >= 0.3 is 0 Å². The minimum Gasteiger partial charge on any atom is -0.369 e. The molecule has 7 nitrogen and oxygen atoms in total. The molecule has 0 radical (unpaired) electrons. The third kappa shape index (κ3) is 3.44. The molecule has 3 aliphatic rings. The van der Waals surface area contributed by atoms with Crippen LogP contribution in [0.1, 0.15) is 43.1 Å². The summed E-state index contributed by atoms with van der Waals surface area (Å²) in [6.45, 7) is 5.68. The van der Waals surface area contributed by atoms with Crippen LogP contribution in [0.25, 0.3) is 0 Å². The molecule has 29 heavy (non-hydrogen) atoms. The number of carbonyl (C=O) groups is 1. The highest BCUT2D eigenvalue weighted by atomic mass is 16.2. The first-order chi connectivity index (χ1) is 14.1. The van der Waals surface area contributed by atoms with Crippen molar-refractivity contribution in [2.24, 2.45) is 0 Å². The van der Waals surface area contributed by atoms with E-state index in [1.807, 2.05) is 31.2 Å². The molecule has 3 aliphatic heterocycles. The Labute approximate surface area is 171 Å². The fourth-order valence-electron chi connectivity index (χ4n) is 4.79. The molecule has 3 N–H and O–H groups in total. The van der Waals surface area contributed by atoms with Crippen molar-refractivity contribution in [3.8, 4) is 0 Å². The Morgan fingerprint density at radius 2 is 1.79 bits per heavy atom. The van der Waals surface area contributed by atoms with Crippen LogP contribution in [-0.2, 0) is 4.79 Å². The highest BCUT2D eigenvalue weighted by molar-refractivity contribution is 6.06. The molecule has 0 bridgehead atoms. The van der Waals surface area contributed by atoms with Crippen LogP contribution in [0.3, 0.4) is 0 Å². The van der Waals surface area contributed by atoms with E-state index in [2.05, 4.69) is 26.9 Å². The van der Waals surface area contributed by atoms with Gasteiger partial charge in [-0.15, -0.1) is 0 Å². The van der Waals surface area contributed by atoms with Crippen molar-refractivity contribution in [1.82, 2.24) is 15.3 Å². The number of hydrogen-bond acceptors (Lipinski definition) is 6. The first-order valence-electron chi connectivity index (χ1n) is 10.6. The maximum atomic E-state index is 12.9. The number of nitrogens with one attached hydrogen (secondary N) is 3. The lowest BCUT2D eigenvalue weighted by Gasteiger charge is -2.44. The molecule has 2 fully saturated rings. The smallest absolute Gasteiger partial charge is 0.250 e. The summed E-state index contributed by atoms with van der Waals surface area (Å²) in [5.74, 6) is 2.41. The molecule has 1 spiro atoms. The molecule has 1 aromatic carbocycles. The number of piperidine rings is 2. The van der Waals surface area contributed by atoms with Crippen molar-refractivity contribution >= 4 is 23.1 Å². The topological polar surface area (TPSA) is 82.2 Å². The van der Waals surface area contributed by atoms with Gasteiger partial charge in [0.15, 0.2) is 0 Å². The Hall–Kier alpha value is -2.67. The van der Waals surface area contributed by atoms with E-state index >= 15 is 0 Å². The van der Waals surface area contributed by atoms with Crippen molar-refractivity contribution in [3.63, 3.8) is 0 Å². The van der Waals surface area contributed by atoms with Crippen LogP contribution in [0.4, 0.5) is 17.2 Å². The molecule has 2 saturated heterocycles. The standard InChI is InChI=1S/C22H28N6O/c1-15-24-19(16-6-10-23-11-7-16)14-20(25-15)28-12-8-22(9-13-28)21(29)26-17-4-2-3-5-18(17)27-22/h2-5,14,16,23,27H,6-13H2,1H3,(H,26,29). The fraction of sp³-hybridized carbons (Fsp3) is 0.500. The number of para-hydroxylation sites is 2. The number of fused-ring (bicyclic) bond motifs is 1. The normalized spacial score (nSPS) is 21.4. The molecule has 7 heteroatoms. The Morgan fingerprint density at radius 1 is 1.07 bits per heavy atom. The van der Waals surface area contributed by atoms with E-state index in [4.69, 9.17) is 9.97 Å². The summed E-state index contributed by atoms with van der Waals surface area (Å²) in [6.07, 6.45) is 3.75. The van der Waals surface area contributed by atoms with Crippen LogP contribution in [0.2, 0.25) is 0 Å². The Balaban J connectivity index is 1.33. The summed E-state index contributed by atoms with van der Waals surface area (Å²) in [5, 5.41) is 10.0. The molecule has 152 valence electrons. The number of benzene rings is 1. The maximum absolute atomic E-state index is 12.9. The predicted octanol–water partition coefficient (Wildman–Crippen LogP) is 2.66. The monoisotopic (exact) mass is 392 g/mol. The van der Waals surface area contributed by atoms with E-state index in [0.29, 0.717) is 5.92 Å². The summed E-state index contributed by atoms with van der Waals surface area (Å²) < 4.78 is 0. The van der Waals surface area contributed by atoms with Gasteiger partial charge in [-0.1, -0.05) is 12.1 Å². The lowest BCUT2D eigenvalue weighted by atomic mass is 9.84. The summed E-state index contributed by atoms with van der Waals surface area (Å²) in [5.41, 5.74) is 2.50. The van der Waals surface area contributed by atoms with Gasteiger partial charge in [-0.05, 0) is 57.8 Å². The molecule has 0 aliphatic carbocycles. The minimum absolute atomic E-state index is 0.0742. The van der Waals surface area contributed by atoms with Crippen molar-refractivity contribution in [3.05, 3.63) is 41.9 Å². The number of aryl methyl sites for hydroxylation is 1. The van der Waals surface area contributed by atoms with E-state index < -0.39 is 5.54 Å². The zero-order valence-corrected chi connectivity index (χ0v) is 16.9. The first-order valence-corrected chi connectivity index (χ1v) is 10.6. The van der Waals surface area contributed by atoms with Crippen molar-refractivity contribution in [1.29, 1.82) is 0 Å². The molecule has 1 aromatic heterocycles. The number of hydrogen-bond donors (Lipinski definition) is 3. The van der Waals surface area contributed by atoms with Crippen LogP contribution >= 0.6 is 0 Å². The molecular formula is C22H28N6O. The molecule has 2 aromatic rings. The van der Waals surface area contributed by atoms with Gasteiger partial charge in [-0.3, -0.25) is 4.79 Å². The quantitative estimate of drug-likeness (QED) is 0.729. The summed E-state index contributed by atoms with van der Waals surface area (Å²) in [7, 11) is 0. The van der Waals surface area contributed by atoms with Crippen molar-refractivity contribution in [2.45, 2.75) is 44.1 Å². The van der Waals surface area contributed by atoms with Gasteiger partial charge in [0.2, 0.25) is 5.91 Å². The summed E-state index contributed by atoms with van der Waals surface area (Å²) >= 11 is 0. The molecule has 0 saturated carbocycles. The Kier molecular flexibility index (Phi) is 4.62. The second-order valence-electron chi connectivity index (χ2n) is 8.42. The average molecular weight is 393 g/mol. The largest absolute Gasteiger partial charge is 0.369 e. The molecular weight excluding hydrogens is 364 g/mol. The van der Waals surface area contributed by atoms with Crippen molar-refractivity contribution in [2.75, 3.05) is 41.7 Å². The van der Waals surface area contributed by atoms with Crippen LogP contribution in [0, 0.1) is 6.92 Å². The zero-order valence-electron chi connectivity index (χ0n) is 16.9. The van der Waals surface area contributed by atoms with E-state index in [0.717, 1.165) is 80.6 Å². The second-order valence-corrected chi connectivity index (χ2v) is 8.42. The van der Waals surface area contributed by atoms with Crippen LogP contribution in [0.5, 0.6) is 0 Å². The molecule has 0 atom stereocenters. The number of aromatic nitrogens is 2. The summed E-state index contributed by atoms with van der Waals surface area (Å²) in [4.78, 5) is 24.6. The predicted molar refractivity (Wildman–Crippen MR) is 114 cm³/mol. The molecule has 4 heterocycles. The minimum atomic E-state index is -0.537. The SMILES string of the molecule is Cc1nc(C2CCNCC2)cc(N2CCC3(CC2)Nc2ccccc2NC3=O)n1. The van der Waals surface area contributed by atoms with Gasteiger partial charge < -0.3 is 20.9 Å².